The molecule has 4 nitrogen and oxygen atoms in total. The topological polar surface area (TPSA) is 47.6 Å². The highest BCUT2D eigenvalue weighted by molar-refractivity contribution is 5.80. The molecule has 24 heavy (non-hydrogen) atoms. The average molecular weight is 327 g/mol. The highest BCUT2D eigenvalue weighted by Crippen LogP contribution is 2.14. The second-order valence-electron chi connectivity index (χ2n) is 5.82. The predicted octanol–water partition coefficient (Wildman–Crippen LogP) is 3.52. The molecule has 0 heterocycles. The Morgan fingerprint density at radius 1 is 1.12 bits per heavy atom. The molecule has 1 N–H and O–H groups in total. The Morgan fingerprint density at radius 3 is 2.54 bits per heavy atom. The van der Waals surface area contributed by atoms with Crippen molar-refractivity contribution < 1.29 is 14.3 Å². The van der Waals surface area contributed by atoms with Crippen molar-refractivity contribution >= 4 is 5.91 Å². The summed E-state index contributed by atoms with van der Waals surface area (Å²) in [5.41, 5.74) is 2.34. The molecular weight excluding hydrogens is 302 g/mol. The summed E-state index contributed by atoms with van der Waals surface area (Å²) < 4.78 is 10.8. The molecule has 0 bridgehead atoms. The number of hydrogen-bond acceptors (Lipinski definition) is 3. The average Bonchev–Trinajstić information content (AvgIpc) is 2.59. The molecule has 0 radical (unpaired) electrons. The first-order chi connectivity index (χ1) is 11.6. The summed E-state index contributed by atoms with van der Waals surface area (Å²) in [6, 6.07) is 15.7. The third-order valence-electron chi connectivity index (χ3n) is 3.77. The fourth-order valence-corrected chi connectivity index (χ4v) is 2.39. The molecule has 1 amide bonds. The Labute approximate surface area is 143 Å². The van der Waals surface area contributed by atoms with Crippen LogP contribution < -0.4 is 14.8 Å². The molecule has 128 valence electrons. The summed E-state index contributed by atoms with van der Waals surface area (Å²) in [5, 5.41) is 2.92. The van der Waals surface area contributed by atoms with Gasteiger partial charge in [-0.3, -0.25) is 4.79 Å². The maximum Gasteiger partial charge on any atom is 0.260 e. The van der Waals surface area contributed by atoms with E-state index in [9.17, 15) is 4.79 Å². The van der Waals surface area contributed by atoms with Crippen molar-refractivity contribution in [1.82, 2.24) is 5.32 Å². The molecule has 4 heteroatoms. The Morgan fingerprint density at radius 2 is 1.88 bits per heavy atom. The SMILES string of the molecule is COc1ccc(CCCNC(=O)C(C)Oc2cccc(C)c2)cc1. The van der Waals surface area contributed by atoms with Crippen molar-refractivity contribution in [1.29, 1.82) is 0 Å². The number of benzene rings is 2. The number of hydrogen-bond donors (Lipinski definition) is 1. The minimum absolute atomic E-state index is 0.0914. The van der Waals surface area contributed by atoms with Crippen molar-refractivity contribution in [2.24, 2.45) is 0 Å². The smallest absolute Gasteiger partial charge is 0.260 e. The molecule has 0 aliphatic heterocycles. The summed E-state index contributed by atoms with van der Waals surface area (Å²) >= 11 is 0. The zero-order chi connectivity index (χ0) is 17.4. The van der Waals surface area contributed by atoms with E-state index in [1.54, 1.807) is 14.0 Å². The number of rotatable bonds is 8. The Kier molecular flexibility index (Phi) is 6.67. The molecule has 0 saturated carbocycles. The van der Waals surface area contributed by atoms with Crippen LogP contribution in [0.3, 0.4) is 0 Å². The zero-order valence-electron chi connectivity index (χ0n) is 14.5. The molecular formula is C20H25NO3. The summed E-state index contributed by atoms with van der Waals surface area (Å²) in [6.45, 7) is 4.39. The van der Waals surface area contributed by atoms with Crippen LogP contribution in [0.5, 0.6) is 11.5 Å². The van der Waals surface area contributed by atoms with Crippen molar-refractivity contribution in [3.8, 4) is 11.5 Å². The quantitative estimate of drug-likeness (QED) is 0.755. The zero-order valence-corrected chi connectivity index (χ0v) is 14.5. The van der Waals surface area contributed by atoms with E-state index in [1.807, 2.05) is 55.5 Å². The van der Waals surface area contributed by atoms with Crippen molar-refractivity contribution in [3.05, 3.63) is 59.7 Å². The van der Waals surface area contributed by atoms with Gasteiger partial charge >= 0.3 is 0 Å². The van der Waals surface area contributed by atoms with E-state index in [0.717, 1.165) is 29.9 Å². The van der Waals surface area contributed by atoms with E-state index in [1.165, 1.54) is 5.56 Å². The lowest BCUT2D eigenvalue weighted by molar-refractivity contribution is -0.127. The molecule has 1 unspecified atom stereocenters. The number of aryl methyl sites for hydroxylation is 2. The summed E-state index contributed by atoms with van der Waals surface area (Å²) in [6.07, 6.45) is 1.29. The Balaban J connectivity index is 1.70. The summed E-state index contributed by atoms with van der Waals surface area (Å²) in [7, 11) is 1.66. The number of carbonyl (C=O) groups is 1. The normalized spacial score (nSPS) is 11.6. The van der Waals surface area contributed by atoms with Gasteiger partial charge in [0.15, 0.2) is 6.10 Å². The van der Waals surface area contributed by atoms with Gasteiger partial charge in [-0.15, -0.1) is 0 Å². The number of nitrogens with one attached hydrogen (secondary N) is 1. The minimum Gasteiger partial charge on any atom is -0.497 e. The van der Waals surface area contributed by atoms with Gasteiger partial charge in [0.1, 0.15) is 11.5 Å². The standard InChI is InChI=1S/C20H25NO3/c1-15-6-4-8-19(14-15)24-16(2)20(22)21-13-5-7-17-9-11-18(23-3)12-10-17/h4,6,8-12,14,16H,5,7,13H2,1-3H3,(H,21,22). The molecule has 0 saturated heterocycles. The maximum atomic E-state index is 12.1. The molecule has 0 aliphatic carbocycles. The van der Waals surface area contributed by atoms with Gasteiger partial charge in [-0.2, -0.15) is 0 Å². The van der Waals surface area contributed by atoms with Crippen molar-refractivity contribution in [2.45, 2.75) is 32.8 Å². The molecule has 0 fully saturated rings. The maximum absolute atomic E-state index is 12.1. The van der Waals surface area contributed by atoms with Crippen LogP contribution in [0.2, 0.25) is 0 Å². The fourth-order valence-electron chi connectivity index (χ4n) is 2.39. The van der Waals surface area contributed by atoms with E-state index in [0.29, 0.717) is 6.54 Å². The first-order valence-electron chi connectivity index (χ1n) is 8.22. The molecule has 2 rings (SSSR count). The molecule has 2 aromatic rings. The van der Waals surface area contributed by atoms with Gasteiger partial charge < -0.3 is 14.8 Å². The number of ether oxygens (including phenoxy) is 2. The predicted molar refractivity (Wildman–Crippen MR) is 95.6 cm³/mol. The van der Waals surface area contributed by atoms with Gasteiger partial charge in [-0.25, -0.2) is 0 Å². The highest BCUT2D eigenvalue weighted by Gasteiger charge is 2.13. The molecule has 2 aromatic carbocycles. The Hall–Kier alpha value is -2.49. The molecule has 1 atom stereocenters. The lowest BCUT2D eigenvalue weighted by Crippen LogP contribution is -2.36. The van der Waals surface area contributed by atoms with Crippen molar-refractivity contribution in [2.75, 3.05) is 13.7 Å². The second kappa shape index (κ2) is 8.96. The van der Waals surface area contributed by atoms with Gasteiger partial charge in [0.05, 0.1) is 7.11 Å². The van der Waals surface area contributed by atoms with Gasteiger partial charge in [0, 0.05) is 6.54 Å². The van der Waals surface area contributed by atoms with E-state index < -0.39 is 6.10 Å². The lowest BCUT2D eigenvalue weighted by atomic mass is 10.1. The van der Waals surface area contributed by atoms with Gasteiger partial charge in [0.2, 0.25) is 0 Å². The third-order valence-corrected chi connectivity index (χ3v) is 3.77. The fraction of sp³-hybridized carbons (Fsp3) is 0.350. The Bertz CT molecular complexity index is 652. The third kappa shape index (κ3) is 5.61. The lowest BCUT2D eigenvalue weighted by Gasteiger charge is -2.15. The first kappa shape index (κ1) is 17.9. The first-order valence-corrected chi connectivity index (χ1v) is 8.22. The van der Waals surface area contributed by atoms with Crippen LogP contribution in [0, 0.1) is 6.92 Å². The van der Waals surface area contributed by atoms with Gasteiger partial charge in [-0.1, -0.05) is 24.3 Å². The van der Waals surface area contributed by atoms with E-state index in [2.05, 4.69) is 5.32 Å². The molecule has 0 aliphatic rings. The molecule has 0 spiro atoms. The summed E-state index contributed by atoms with van der Waals surface area (Å²) in [4.78, 5) is 12.1. The minimum atomic E-state index is -0.507. The van der Waals surface area contributed by atoms with Gasteiger partial charge in [0.25, 0.3) is 5.91 Å². The van der Waals surface area contributed by atoms with Gasteiger partial charge in [-0.05, 0) is 62.1 Å². The largest absolute Gasteiger partial charge is 0.497 e. The number of carbonyl (C=O) groups excluding carboxylic acids is 1. The number of amides is 1. The van der Waals surface area contributed by atoms with Crippen LogP contribution in [0.4, 0.5) is 0 Å². The van der Waals surface area contributed by atoms with Crippen LogP contribution in [0.25, 0.3) is 0 Å². The van der Waals surface area contributed by atoms with Crippen molar-refractivity contribution in [3.63, 3.8) is 0 Å². The highest BCUT2D eigenvalue weighted by atomic mass is 16.5. The second-order valence-corrected chi connectivity index (χ2v) is 5.82. The van der Waals surface area contributed by atoms with Crippen LogP contribution in [-0.2, 0) is 11.2 Å². The number of methoxy groups -OCH3 is 1. The van der Waals surface area contributed by atoms with Crippen LogP contribution >= 0.6 is 0 Å². The monoisotopic (exact) mass is 327 g/mol. The van der Waals surface area contributed by atoms with E-state index in [-0.39, 0.29) is 5.91 Å². The van der Waals surface area contributed by atoms with Crippen LogP contribution in [0.15, 0.2) is 48.5 Å². The summed E-state index contributed by atoms with van der Waals surface area (Å²) in [5.74, 6) is 1.48. The van der Waals surface area contributed by atoms with Crippen LogP contribution in [0.1, 0.15) is 24.5 Å². The van der Waals surface area contributed by atoms with E-state index in [4.69, 9.17) is 9.47 Å². The van der Waals surface area contributed by atoms with E-state index >= 15 is 0 Å². The van der Waals surface area contributed by atoms with Crippen LogP contribution in [-0.4, -0.2) is 25.7 Å². The molecule has 0 aromatic heterocycles.